The molecule has 2 rings (SSSR count). The van der Waals surface area contributed by atoms with E-state index >= 15 is 0 Å². The highest BCUT2D eigenvalue weighted by molar-refractivity contribution is 7.99. The fourth-order valence-electron chi connectivity index (χ4n) is 2.49. The number of rotatable bonds is 6. The first kappa shape index (κ1) is 16.7. The maximum absolute atomic E-state index is 11.9. The molecule has 1 amide bonds. The number of amides is 1. The van der Waals surface area contributed by atoms with Crippen molar-refractivity contribution in [2.75, 3.05) is 32.4 Å². The van der Waals surface area contributed by atoms with Crippen molar-refractivity contribution < 1.29 is 4.79 Å². The Hall–Kier alpha value is -0.710. The van der Waals surface area contributed by atoms with Crippen molar-refractivity contribution in [1.82, 2.24) is 10.2 Å². The molecule has 0 spiro atoms. The zero-order chi connectivity index (χ0) is 15.1. The highest BCUT2D eigenvalue weighted by Gasteiger charge is 2.19. The van der Waals surface area contributed by atoms with Crippen molar-refractivity contribution in [3.63, 3.8) is 0 Å². The second-order valence-electron chi connectivity index (χ2n) is 5.60. The molecule has 1 aliphatic heterocycles. The Morgan fingerprint density at radius 2 is 2.00 bits per heavy atom. The van der Waals surface area contributed by atoms with Gasteiger partial charge >= 0.3 is 0 Å². The van der Waals surface area contributed by atoms with Crippen LogP contribution < -0.4 is 5.32 Å². The first-order valence-corrected chi connectivity index (χ1v) is 8.83. The van der Waals surface area contributed by atoms with Gasteiger partial charge < -0.3 is 10.2 Å². The summed E-state index contributed by atoms with van der Waals surface area (Å²) in [6.07, 6.45) is 2.96. The van der Waals surface area contributed by atoms with Crippen LogP contribution in [0.15, 0.2) is 29.2 Å². The minimum atomic E-state index is 0.196. The second-order valence-corrected chi connectivity index (χ2v) is 7.21. The summed E-state index contributed by atoms with van der Waals surface area (Å²) < 4.78 is 0. The number of nitrogens with one attached hydrogen (secondary N) is 1. The van der Waals surface area contributed by atoms with Crippen molar-refractivity contribution in [2.24, 2.45) is 5.92 Å². The van der Waals surface area contributed by atoms with Crippen molar-refractivity contribution in [1.29, 1.82) is 0 Å². The summed E-state index contributed by atoms with van der Waals surface area (Å²) >= 11 is 7.58. The van der Waals surface area contributed by atoms with Crippen LogP contribution in [0.5, 0.6) is 0 Å². The SMILES string of the molecule is CN1CCC(CC(=O)NCCSc2ccc(Cl)cc2)CC1. The zero-order valence-corrected chi connectivity index (χ0v) is 14.1. The number of nitrogens with zero attached hydrogens (tertiary/aromatic N) is 1. The van der Waals surface area contributed by atoms with Gasteiger partial charge in [-0.1, -0.05) is 11.6 Å². The van der Waals surface area contributed by atoms with Crippen molar-refractivity contribution in [3.05, 3.63) is 29.3 Å². The highest BCUT2D eigenvalue weighted by Crippen LogP contribution is 2.20. The van der Waals surface area contributed by atoms with E-state index in [1.807, 2.05) is 24.3 Å². The summed E-state index contributed by atoms with van der Waals surface area (Å²) in [5.74, 6) is 1.65. The third-order valence-electron chi connectivity index (χ3n) is 3.82. The van der Waals surface area contributed by atoms with Crippen LogP contribution in [-0.2, 0) is 4.79 Å². The third kappa shape index (κ3) is 6.29. The fourth-order valence-corrected chi connectivity index (χ4v) is 3.39. The third-order valence-corrected chi connectivity index (χ3v) is 5.08. The van der Waals surface area contributed by atoms with Crippen molar-refractivity contribution in [3.8, 4) is 0 Å². The Bertz CT molecular complexity index is 444. The van der Waals surface area contributed by atoms with Gasteiger partial charge in [0.25, 0.3) is 0 Å². The second kappa shape index (κ2) is 8.66. The van der Waals surface area contributed by atoms with E-state index in [0.717, 1.165) is 43.3 Å². The maximum Gasteiger partial charge on any atom is 0.220 e. The summed E-state index contributed by atoms with van der Waals surface area (Å²) in [7, 11) is 2.14. The molecule has 0 unspecified atom stereocenters. The largest absolute Gasteiger partial charge is 0.355 e. The first-order chi connectivity index (χ1) is 10.1. The molecule has 1 fully saturated rings. The average Bonchev–Trinajstić information content (AvgIpc) is 2.48. The minimum Gasteiger partial charge on any atom is -0.355 e. The smallest absolute Gasteiger partial charge is 0.220 e. The van der Waals surface area contributed by atoms with Gasteiger partial charge in [0.1, 0.15) is 0 Å². The molecule has 0 aliphatic carbocycles. The number of likely N-dealkylation sites (tertiary alicyclic amines) is 1. The Kier molecular flexibility index (Phi) is 6.87. The number of benzene rings is 1. The number of piperidine rings is 1. The predicted molar refractivity (Wildman–Crippen MR) is 90.0 cm³/mol. The molecule has 0 radical (unpaired) electrons. The molecule has 0 aromatic heterocycles. The monoisotopic (exact) mass is 326 g/mol. The summed E-state index contributed by atoms with van der Waals surface area (Å²) in [4.78, 5) is 15.4. The molecule has 3 nitrogen and oxygen atoms in total. The predicted octanol–water partition coefficient (Wildman–Crippen LogP) is 3.28. The van der Waals surface area contributed by atoms with Gasteiger partial charge in [-0.25, -0.2) is 0 Å². The van der Waals surface area contributed by atoms with Crippen LogP contribution in [0.1, 0.15) is 19.3 Å². The molecule has 21 heavy (non-hydrogen) atoms. The first-order valence-electron chi connectivity index (χ1n) is 7.47. The lowest BCUT2D eigenvalue weighted by molar-refractivity contribution is -0.122. The number of hydrogen-bond donors (Lipinski definition) is 1. The van der Waals surface area contributed by atoms with E-state index in [4.69, 9.17) is 11.6 Å². The zero-order valence-electron chi connectivity index (χ0n) is 12.5. The molecule has 1 heterocycles. The van der Waals surface area contributed by atoms with Gasteiger partial charge in [0.15, 0.2) is 0 Å². The summed E-state index contributed by atoms with van der Waals surface area (Å²) in [5.41, 5.74) is 0. The molecule has 116 valence electrons. The maximum atomic E-state index is 11.9. The molecule has 0 saturated carbocycles. The number of hydrogen-bond acceptors (Lipinski definition) is 3. The molecular formula is C16H23ClN2OS. The van der Waals surface area contributed by atoms with E-state index in [1.54, 1.807) is 11.8 Å². The fraction of sp³-hybridized carbons (Fsp3) is 0.562. The van der Waals surface area contributed by atoms with Gasteiger partial charge in [-0.15, -0.1) is 11.8 Å². The molecule has 0 bridgehead atoms. The van der Waals surface area contributed by atoms with Crippen LogP contribution in [0.4, 0.5) is 0 Å². The highest BCUT2D eigenvalue weighted by atomic mass is 35.5. The van der Waals surface area contributed by atoms with Gasteiger partial charge in [0.05, 0.1) is 0 Å². The van der Waals surface area contributed by atoms with E-state index < -0.39 is 0 Å². The van der Waals surface area contributed by atoms with Gasteiger partial charge in [-0.3, -0.25) is 4.79 Å². The van der Waals surface area contributed by atoms with Crippen LogP contribution in [0.2, 0.25) is 5.02 Å². The van der Waals surface area contributed by atoms with Crippen LogP contribution in [0.25, 0.3) is 0 Å². The normalized spacial score (nSPS) is 16.9. The van der Waals surface area contributed by atoms with Crippen molar-refractivity contribution in [2.45, 2.75) is 24.2 Å². The van der Waals surface area contributed by atoms with Gasteiger partial charge in [-0.2, -0.15) is 0 Å². The van der Waals surface area contributed by atoms with Crippen molar-refractivity contribution >= 4 is 29.3 Å². The molecule has 1 N–H and O–H groups in total. The average molecular weight is 327 g/mol. The van der Waals surface area contributed by atoms with Gasteiger partial charge in [0, 0.05) is 28.6 Å². The van der Waals surface area contributed by atoms with Crippen LogP contribution >= 0.6 is 23.4 Å². The van der Waals surface area contributed by atoms with Gasteiger partial charge in [-0.05, 0) is 63.2 Å². The number of thioether (sulfide) groups is 1. The van der Waals surface area contributed by atoms with Crippen LogP contribution in [0.3, 0.4) is 0 Å². The minimum absolute atomic E-state index is 0.196. The van der Waals surface area contributed by atoms with E-state index in [9.17, 15) is 4.79 Å². The molecule has 1 aliphatic rings. The van der Waals surface area contributed by atoms with E-state index in [1.165, 1.54) is 4.90 Å². The lowest BCUT2D eigenvalue weighted by atomic mass is 9.93. The molecule has 1 aromatic carbocycles. The van der Waals surface area contributed by atoms with Gasteiger partial charge in [0.2, 0.25) is 5.91 Å². The van der Waals surface area contributed by atoms with E-state index in [-0.39, 0.29) is 5.91 Å². The number of halogens is 1. The molecule has 1 saturated heterocycles. The lowest BCUT2D eigenvalue weighted by Gasteiger charge is -2.28. The lowest BCUT2D eigenvalue weighted by Crippen LogP contribution is -2.34. The molecule has 5 heteroatoms. The Balaban J connectivity index is 1.58. The van der Waals surface area contributed by atoms with Crippen LogP contribution in [-0.4, -0.2) is 43.2 Å². The summed E-state index contributed by atoms with van der Waals surface area (Å²) in [5, 5.41) is 3.78. The Morgan fingerprint density at radius 1 is 1.33 bits per heavy atom. The Morgan fingerprint density at radius 3 is 2.67 bits per heavy atom. The van der Waals surface area contributed by atoms with E-state index in [0.29, 0.717) is 12.3 Å². The number of carbonyl (C=O) groups is 1. The standard InChI is InChI=1S/C16H23ClN2OS/c1-19-9-6-13(7-10-19)12-16(20)18-8-11-21-15-4-2-14(17)3-5-15/h2-5,13H,6-12H2,1H3,(H,18,20). The molecule has 0 atom stereocenters. The van der Waals surface area contributed by atoms with E-state index in [2.05, 4.69) is 17.3 Å². The number of carbonyl (C=O) groups excluding carboxylic acids is 1. The Labute approximate surface area is 136 Å². The quantitative estimate of drug-likeness (QED) is 0.643. The summed E-state index contributed by atoms with van der Waals surface area (Å²) in [6, 6.07) is 7.80. The molecule has 1 aromatic rings. The van der Waals surface area contributed by atoms with Crippen LogP contribution in [0, 0.1) is 5.92 Å². The molecular weight excluding hydrogens is 304 g/mol. The summed E-state index contributed by atoms with van der Waals surface area (Å²) in [6.45, 7) is 2.95. The topological polar surface area (TPSA) is 32.3 Å².